The molecule has 0 saturated carbocycles. The lowest BCUT2D eigenvalue weighted by atomic mass is 9.82. The van der Waals surface area contributed by atoms with Crippen LogP contribution in [0.1, 0.15) is 37.8 Å². The number of aliphatic hydroxyl groups excluding tert-OH is 1. The second kappa shape index (κ2) is 9.40. The van der Waals surface area contributed by atoms with E-state index in [-0.39, 0.29) is 25.5 Å². The van der Waals surface area contributed by atoms with Crippen LogP contribution in [-0.4, -0.2) is 40.8 Å². The normalized spacial score (nSPS) is 22.6. The average Bonchev–Trinajstić information content (AvgIpc) is 3.01. The molecule has 2 aliphatic rings. The van der Waals surface area contributed by atoms with Crippen molar-refractivity contribution in [1.82, 2.24) is 0 Å². The van der Waals surface area contributed by atoms with E-state index in [4.69, 9.17) is 9.84 Å². The smallest absolute Gasteiger partial charge is 0.304 e. The van der Waals surface area contributed by atoms with Crippen LogP contribution in [0.4, 0.5) is 11.4 Å². The van der Waals surface area contributed by atoms with Gasteiger partial charge in [0.2, 0.25) is 5.91 Å². The van der Waals surface area contributed by atoms with Crippen molar-refractivity contribution in [2.24, 2.45) is 5.92 Å². The van der Waals surface area contributed by atoms with Crippen LogP contribution in [0.5, 0.6) is 0 Å². The molecule has 0 aromatic heterocycles. The van der Waals surface area contributed by atoms with Gasteiger partial charge >= 0.3 is 5.97 Å². The number of amides is 2. The Morgan fingerprint density at radius 2 is 1.97 bits per heavy atom. The lowest BCUT2D eigenvalue weighted by molar-refractivity contribution is -0.153. The molecule has 1 fully saturated rings. The molecular formula is C26H28N2O6. The van der Waals surface area contributed by atoms with Crippen LogP contribution >= 0.6 is 0 Å². The lowest BCUT2D eigenvalue weighted by Gasteiger charge is -2.39. The fraction of sp³-hybridized carbons (Fsp3) is 0.346. The number of nitrogens with zero attached hydrogens (tertiary/aromatic N) is 2. The Balaban J connectivity index is 1.76. The van der Waals surface area contributed by atoms with E-state index < -0.39 is 29.6 Å². The van der Waals surface area contributed by atoms with E-state index in [1.54, 1.807) is 42.2 Å². The van der Waals surface area contributed by atoms with Gasteiger partial charge in [0.05, 0.1) is 18.7 Å². The summed E-state index contributed by atoms with van der Waals surface area (Å²) in [7, 11) is 0. The molecule has 0 bridgehead atoms. The SMILES string of the molecule is CC(=O)OC1CC(=O)N1c1ccc2c(c1)[C@](O)([C@@H](C)/C=C/CCO)C(=O)N2Cc1ccccc1. The second-order valence-electron chi connectivity index (χ2n) is 8.61. The Bertz CT molecular complexity index is 1130. The number of aliphatic hydroxyl groups is 2. The number of benzene rings is 2. The Kier molecular flexibility index (Phi) is 6.54. The van der Waals surface area contributed by atoms with Gasteiger partial charge in [-0.3, -0.25) is 19.3 Å². The number of hydrogen-bond acceptors (Lipinski definition) is 6. The molecular weight excluding hydrogens is 436 g/mol. The number of ether oxygens (including phenoxy) is 1. The number of hydrogen-bond donors (Lipinski definition) is 2. The van der Waals surface area contributed by atoms with Crippen LogP contribution in [0.15, 0.2) is 60.7 Å². The van der Waals surface area contributed by atoms with Crippen LogP contribution < -0.4 is 9.80 Å². The molecule has 0 aliphatic carbocycles. The average molecular weight is 465 g/mol. The summed E-state index contributed by atoms with van der Waals surface area (Å²) in [5.41, 5.74) is 0.427. The highest BCUT2D eigenvalue weighted by molar-refractivity contribution is 6.08. The van der Waals surface area contributed by atoms with Crippen molar-refractivity contribution in [2.75, 3.05) is 16.4 Å². The van der Waals surface area contributed by atoms with Gasteiger partial charge in [0.15, 0.2) is 11.8 Å². The summed E-state index contributed by atoms with van der Waals surface area (Å²) >= 11 is 0. The minimum absolute atomic E-state index is 0.0366. The summed E-state index contributed by atoms with van der Waals surface area (Å²) in [4.78, 5) is 40.3. The van der Waals surface area contributed by atoms with Crippen molar-refractivity contribution in [3.05, 3.63) is 71.8 Å². The van der Waals surface area contributed by atoms with Gasteiger partial charge < -0.3 is 19.8 Å². The number of rotatable bonds is 8. The molecule has 8 heteroatoms. The summed E-state index contributed by atoms with van der Waals surface area (Å²) in [5, 5.41) is 20.9. The number of fused-ring (bicyclic) bond motifs is 1. The van der Waals surface area contributed by atoms with Crippen LogP contribution in [0, 0.1) is 5.92 Å². The Morgan fingerprint density at radius 1 is 1.24 bits per heavy atom. The molecule has 8 nitrogen and oxygen atoms in total. The van der Waals surface area contributed by atoms with E-state index in [1.807, 2.05) is 30.3 Å². The molecule has 1 saturated heterocycles. The largest absolute Gasteiger partial charge is 0.441 e. The zero-order valence-corrected chi connectivity index (χ0v) is 19.2. The summed E-state index contributed by atoms with van der Waals surface area (Å²) in [6.07, 6.45) is 3.22. The van der Waals surface area contributed by atoms with Crippen molar-refractivity contribution >= 4 is 29.2 Å². The maximum atomic E-state index is 13.6. The summed E-state index contributed by atoms with van der Waals surface area (Å²) < 4.78 is 5.22. The third kappa shape index (κ3) is 4.10. The van der Waals surface area contributed by atoms with Crippen molar-refractivity contribution in [1.29, 1.82) is 0 Å². The molecule has 4 rings (SSSR count). The first-order chi connectivity index (χ1) is 16.3. The number of β-lactam (4-membered cyclic amide) rings is 1. The van der Waals surface area contributed by atoms with E-state index in [0.717, 1.165) is 5.56 Å². The zero-order valence-electron chi connectivity index (χ0n) is 19.2. The summed E-state index contributed by atoms with van der Waals surface area (Å²) in [6, 6.07) is 14.5. The van der Waals surface area contributed by atoms with Gasteiger partial charge in [0, 0.05) is 30.7 Å². The Hall–Kier alpha value is -3.49. The maximum Gasteiger partial charge on any atom is 0.304 e. The van der Waals surface area contributed by atoms with Crippen LogP contribution in [0.2, 0.25) is 0 Å². The van der Waals surface area contributed by atoms with E-state index in [9.17, 15) is 19.5 Å². The first kappa shape index (κ1) is 23.7. The lowest BCUT2D eigenvalue weighted by Crippen LogP contribution is -2.55. The van der Waals surface area contributed by atoms with Crippen LogP contribution in [-0.2, 0) is 31.3 Å². The second-order valence-corrected chi connectivity index (χ2v) is 8.61. The third-order valence-corrected chi connectivity index (χ3v) is 6.30. The highest BCUT2D eigenvalue weighted by atomic mass is 16.6. The van der Waals surface area contributed by atoms with Gasteiger partial charge in [0.1, 0.15) is 0 Å². The molecule has 178 valence electrons. The van der Waals surface area contributed by atoms with Gasteiger partial charge in [-0.15, -0.1) is 0 Å². The highest BCUT2D eigenvalue weighted by Crippen LogP contribution is 2.48. The fourth-order valence-electron chi connectivity index (χ4n) is 4.51. The summed E-state index contributed by atoms with van der Waals surface area (Å²) in [6.45, 7) is 3.26. The minimum atomic E-state index is -1.86. The number of esters is 1. The first-order valence-corrected chi connectivity index (χ1v) is 11.3. The molecule has 2 heterocycles. The number of carbonyl (C=O) groups excluding carboxylic acids is 3. The zero-order chi connectivity index (χ0) is 24.5. The monoisotopic (exact) mass is 464 g/mol. The van der Waals surface area contributed by atoms with Crippen LogP contribution in [0.25, 0.3) is 0 Å². The summed E-state index contributed by atoms with van der Waals surface area (Å²) in [5.74, 6) is -1.77. The van der Waals surface area contributed by atoms with Gasteiger partial charge in [-0.25, -0.2) is 0 Å². The van der Waals surface area contributed by atoms with Crippen molar-refractivity contribution in [2.45, 2.75) is 45.1 Å². The first-order valence-electron chi connectivity index (χ1n) is 11.3. The van der Waals surface area contributed by atoms with E-state index in [1.165, 1.54) is 11.8 Å². The predicted octanol–water partition coefficient (Wildman–Crippen LogP) is 2.62. The van der Waals surface area contributed by atoms with E-state index >= 15 is 0 Å². The number of anilines is 2. The maximum absolute atomic E-state index is 13.6. The molecule has 0 radical (unpaired) electrons. The van der Waals surface area contributed by atoms with Crippen molar-refractivity contribution in [3.63, 3.8) is 0 Å². The Labute approximate surface area is 198 Å². The molecule has 2 amide bonds. The molecule has 2 N–H and O–H groups in total. The molecule has 2 aliphatic heterocycles. The van der Waals surface area contributed by atoms with Crippen LogP contribution in [0.3, 0.4) is 0 Å². The van der Waals surface area contributed by atoms with Gasteiger partial charge in [-0.2, -0.15) is 0 Å². The fourth-order valence-corrected chi connectivity index (χ4v) is 4.51. The third-order valence-electron chi connectivity index (χ3n) is 6.30. The molecule has 2 aromatic rings. The van der Waals surface area contributed by atoms with Gasteiger partial charge in [-0.1, -0.05) is 49.4 Å². The van der Waals surface area contributed by atoms with Gasteiger partial charge in [0.25, 0.3) is 5.91 Å². The quantitative estimate of drug-likeness (QED) is 0.353. The van der Waals surface area contributed by atoms with Gasteiger partial charge in [-0.05, 0) is 30.2 Å². The van der Waals surface area contributed by atoms with Crippen molar-refractivity contribution < 1.29 is 29.3 Å². The van der Waals surface area contributed by atoms with E-state index in [0.29, 0.717) is 23.4 Å². The minimum Gasteiger partial charge on any atom is -0.441 e. The molecule has 34 heavy (non-hydrogen) atoms. The molecule has 0 spiro atoms. The highest BCUT2D eigenvalue weighted by Gasteiger charge is 2.53. The molecule has 3 atom stereocenters. The number of carbonyl (C=O) groups is 3. The topological polar surface area (TPSA) is 107 Å². The molecule has 1 unspecified atom stereocenters. The predicted molar refractivity (Wildman–Crippen MR) is 126 cm³/mol. The molecule has 2 aromatic carbocycles. The van der Waals surface area contributed by atoms with E-state index in [2.05, 4.69) is 0 Å². The Morgan fingerprint density at radius 3 is 2.62 bits per heavy atom. The standard InChI is InChI=1S/C26H28N2O6/c1-17(8-6-7-13-29)26(33)21-14-20(28-23(31)15-24(28)34-18(2)30)11-12-22(21)27(25(26)32)16-19-9-4-3-5-10-19/h3-6,8-12,14,17,24,29,33H,7,13,15-16H2,1-2H3/b8-6+/t17-,24?,26+/m0/s1. The van der Waals surface area contributed by atoms with Crippen molar-refractivity contribution in [3.8, 4) is 0 Å².